The third-order valence-corrected chi connectivity index (χ3v) is 2.53. The van der Waals surface area contributed by atoms with Gasteiger partial charge in [-0.1, -0.05) is 0 Å². The van der Waals surface area contributed by atoms with Crippen molar-refractivity contribution in [3.63, 3.8) is 0 Å². The van der Waals surface area contributed by atoms with E-state index < -0.39 is 17.6 Å². The second kappa shape index (κ2) is 4.38. The van der Waals surface area contributed by atoms with Gasteiger partial charge in [0.05, 0.1) is 0 Å². The zero-order chi connectivity index (χ0) is 11.5. The molecular formula is C9H15F3N2O. The molecule has 0 atom stereocenters. The lowest BCUT2D eigenvalue weighted by atomic mass is 10.2. The second-order valence-electron chi connectivity index (χ2n) is 3.87. The predicted molar refractivity (Wildman–Crippen MR) is 49.1 cm³/mol. The Bertz CT molecular complexity index is 236. The minimum absolute atomic E-state index is 0.000864. The van der Waals surface area contributed by atoms with Crippen LogP contribution in [0.15, 0.2) is 0 Å². The number of halogens is 3. The lowest BCUT2D eigenvalue weighted by molar-refractivity contribution is -0.170. The lowest BCUT2D eigenvalue weighted by Gasteiger charge is -2.20. The molecule has 0 aromatic heterocycles. The van der Waals surface area contributed by atoms with Crippen LogP contribution in [-0.4, -0.2) is 24.2 Å². The molecule has 3 nitrogen and oxygen atoms in total. The highest BCUT2D eigenvalue weighted by atomic mass is 19.4. The first-order chi connectivity index (χ1) is 6.91. The van der Waals surface area contributed by atoms with Crippen LogP contribution in [-0.2, 0) is 4.79 Å². The molecule has 0 bridgehead atoms. The standard InChI is InChI=1S/C9H15F3N2O/c10-9(11,12)8(4-5-8)14-7(15)3-1-2-6-13/h1-6,13H2,(H,14,15). The maximum Gasteiger partial charge on any atom is 0.411 e. The van der Waals surface area contributed by atoms with Crippen LogP contribution in [0.5, 0.6) is 0 Å². The molecule has 1 amide bonds. The Morgan fingerprint density at radius 1 is 1.33 bits per heavy atom. The van der Waals surface area contributed by atoms with Gasteiger partial charge in [0.1, 0.15) is 5.54 Å². The normalized spacial score (nSPS) is 18.7. The second-order valence-corrected chi connectivity index (χ2v) is 3.87. The van der Waals surface area contributed by atoms with Crippen molar-refractivity contribution in [1.82, 2.24) is 5.32 Å². The molecule has 0 spiro atoms. The van der Waals surface area contributed by atoms with Gasteiger partial charge in [-0.05, 0) is 32.2 Å². The van der Waals surface area contributed by atoms with Crippen LogP contribution in [0.4, 0.5) is 13.2 Å². The summed E-state index contributed by atoms with van der Waals surface area (Å²) in [7, 11) is 0. The average molecular weight is 224 g/mol. The lowest BCUT2D eigenvalue weighted by Crippen LogP contribution is -2.47. The third-order valence-electron chi connectivity index (χ3n) is 2.53. The number of hydrogen-bond donors (Lipinski definition) is 2. The largest absolute Gasteiger partial charge is 0.411 e. The van der Waals surface area contributed by atoms with E-state index in [0.29, 0.717) is 19.4 Å². The van der Waals surface area contributed by atoms with Crippen molar-refractivity contribution in [2.24, 2.45) is 5.73 Å². The summed E-state index contributed by atoms with van der Waals surface area (Å²) in [6.45, 7) is 0.456. The average Bonchev–Trinajstić information content (AvgIpc) is 2.84. The fourth-order valence-corrected chi connectivity index (χ4v) is 1.36. The first kappa shape index (κ1) is 12.3. The smallest absolute Gasteiger partial charge is 0.342 e. The molecule has 1 saturated carbocycles. The van der Waals surface area contributed by atoms with Crippen LogP contribution >= 0.6 is 0 Å². The molecular weight excluding hydrogens is 209 g/mol. The molecule has 1 rings (SSSR count). The van der Waals surface area contributed by atoms with Gasteiger partial charge in [-0.15, -0.1) is 0 Å². The quantitative estimate of drug-likeness (QED) is 0.692. The molecule has 1 aliphatic carbocycles. The molecule has 6 heteroatoms. The zero-order valence-electron chi connectivity index (χ0n) is 8.36. The van der Waals surface area contributed by atoms with Crippen LogP contribution in [0.1, 0.15) is 32.1 Å². The molecule has 3 N–H and O–H groups in total. The van der Waals surface area contributed by atoms with Gasteiger partial charge in [-0.3, -0.25) is 4.79 Å². The van der Waals surface area contributed by atoms with Crippen LogP contribution in [0, 0.1) is 0 Å². The minimum atomic E-state index is -4.32. The highest BCUT2D eigenvalue weighted by Gasteiger charge is 2.64. The monoisotopic (exact) mass is 224 g/mol. The Kier molecular flexibility index (Phi) is 3.59. The molecule has 0 aromatic rings. The molecule has 88 valence electrons. The molecule has 15 heavy (non-hydrogen) atoms. The van der Waals surface area contributed by atoms with Gasteiger partial charge in [0.25, 0.3) is 0 Å². The van der Waals surface area contributed by atoms with Crippen LogP contribution in [0.3, 0.4) is 0 Å². The van der Waals surface area contributed by atoms with Gasteiger partial charge in [-0.25, -0.2) is 0 Å². The van der Waals surface area contributed by atoms with Gasteiger partial charge in [-0.2, -0.15) is 13.2 Å². The van der Waals surface area contributed by atoms with E-state index in [1.807, 2.05) is 0 Å². The number of amides is 1. The van der Waals surface area contributed by atoms with E-state index in [9.17, 15) is 18.0 Å². The fraction of sp³-hybridized carbons (Fsp3) is 0.889. The van der Waals surface area contributed by atoms with E-state index in [1.165, 1.54) is 0 Å². The number of hydrogen-bond acceptors (Lipinski definition) is 2. The Hall–Kier alpha value is -0.780. The van der Waals surface area contributed by atoms with E-state index in [1.54, 1.807) is 0 Å². The van der Waals surface area contributed by atoms with Gasteiger partial charge >= 0.3 is 6.18 Å². The summed E-state index contributed by atoms with van der Waals surface area (Å²) < 4.78 is 37.2. The van der Waals surface area contributed by atoms with Crippen molar-refractivity contribution in [1.29, 1.82) is 0 Å². The van der Waals surface area contributed by atoms with E-state index in [2.05, 4.69) is 5.32 Å². The Labute approximate surface area is 86.2 Å². The number of carbonyl (C=O) groups is 1. The number of nitrogens with one attached hydrogen (secondary N) is 1. The maximum atomic E-state index is 12.4. The van der Waals surface area contributed by atoms with Crippen molar-refractivity contribution in [2.45, 2.75) is 43.8 Å². The summed E-state index contributed by atoms with van der Waals surface area (Å²) >= 11 is 0. The maximum absolute atomic E-state index is 12.4. The minimum Gasteiger partial charge on any atom is -0.342 e. The van der Waals surface area contributed by atoms with Crippen molar-refractivity contribution >= 4 is 5.91 Å². The molecule has 1 fully saturated rings. The fourth-order valence-electron chi connectivity index (χ4n) is 1.36. The highest BCUT2D eigenvalue weighted by Crippen LogP contribution is 2.48. The van der Waals surface area contributed by atoms with Crippen LogP contribution in [0.2, 0.25) is 0 Å². The molecule has 0 radical (unpaired) electrons. The molecule has 0 saturated heterocycles. The molecule has 0 unspecified atom stereocenters. The van der Waals surface area contributed by atoms with Gasteiger partial charge in [0.15, 0.2) is 0 Å². The molecule has 0 aromatic carbocycles. The summed E-state index contributed by atoms with van der Waals surface area (Å²) in [5, 5.41) is 2.06. The van der Waals surface area contributed by atoms with Gasteiger partial charge < -0.3 is 11.1 Å². The van der Waals surface area contributed by atoms with E-state index in [-0.39, 0.29) is 19.3 Å². The van der Waals surface area contributed by atoms with E-state index in [4.69, 9.17) is 5.73 Å². The molecule has 0 aliphatic heterocycles. The van der Waals surface area contributed by atoms with Crippen molar-refractivity contribution in [3.8, 4) is 0 Å². The Morgan fingerprint density at radius 2 is 1.93 bits per heavy atom. The van der Waals surface area contributed by atoms with Crippen molar-refractivity contribution in [2.75, 3.05) is 6.54 Å². The number of carbonyl (C=O) groups excluding carboxylic acids is 1. The van der Waals surface area contributed by atoms with E-state index >= 15 is 0 Å². The van der Waals surface area contributed by atoms with Gasteiger partial charge in [0.2, 0.25) is 5.91 Å². The summed E-state index contributed by atoms with van der Waals surface area (Å²) in [5.41, 5.74) is 3.29. The summed E-state index contributed by atoms with van der Waals surface area (Å²) in [5.74, 6) is -0.529. The summed E-state index contributed by atoms with van der Waals surface area (Å²) in [6.07, 6.45) is -3.01. The summed E-state index contributed by atoms with van der Waals surface area (Å²) in [6, 6.07) is 0. The number of alkyl halides is 3. The Morgan fingerprint density at radius 3 is 2.33 bits per heavy atom. The first-order valence-electron chi connectivity index (χ1n) is 4.99. The zero-order valence-corrected chi connectivity index (χ0v) is 8.36. The number of nitrogens with two attached hydrogens (primary N) is 1. The topological polar surface area (TPSA) is 55.1 Å². The first-order valence-corrected chi connectivity index (χ1v) is 4.99. The van der Waals surface area contributed by atoms with Crippen LogP contribution < -0.4 is 11.1 Å². The van der Waals surface area contributed by atoms with Crippen molar-refractivity contribution < 1.29 is 18.0 Å². The number of unbranched alkanes of at least 4 members (excludes halogenated alkanes) is 1. The predicted octanol–water partition coefficient (Wildman–Crippen LogP) is 1.33. The SMILES string of the molecule is NCCCCC(=O)NC1(C(F)(F)F)CC1. The highest BCUT2D eigenvalue weighted by molar-refractivity contribution is 5.77. The molecule has 0 heterocycles. The number of rotatable bonds is 5. The van der Waals surface area contributed by atoms with Gasteiger partial charge in [0, 0.05) is 6.42 Å². The third kappa shape index (κ3) is 3.09. The van der Waals surface area contributed by atoms with Crippen LogP contribution in [0.25, 0.3) is 0 Å². The Balaban J connectivity index is 2.32. The summed E-state index contributed by atoms with van der Waals surface area (Å²) in [4.78, 5) is 11.2. The van der Waals surface area contributed by atoms with Crippen molar-refractivity contribution in [3.05, 3.63) is 0 Å². The molecule has 1 aliphatic rings. The van der Waals surface area contributed by atoms with E-state index in [0.717, 1.165) is 0 Å².